The summed E-state index contributed by atoms with van der Waals surface area (Å²) in [5, 5.41) is 6.27. The van der Waals surface area contributed by atoms with E-state index in [4.69, 9.17) is 35.2 Å². The Bertz CT molecular complexity index is 1890. The number of nitrogens with zero attached hydrogens (tertiary/aromatic N) is 3. The first-order chi connectivity index (χ1) is 20.3. The van der Waals surface area contributed by atoms with Crippen LogP contribution in [0.1, 0.15) is 25.0 Å². The topological polar surface area (TPSA) is 105 Å². The Morgan fingerprint density at radius 2 is 1.98 bits per heavy atom. The molecule has 0 saturated carbocycles. The van der Waals surface area contributed by atoms with Gasteiger partial charge in [0.2, 0.25) is 5.82 Å². The number of halogens is 1. The first-order valence-corrected chi connectivity index (χ1v) is 13.5. The lowest BCUT2D eigenvalue weighted by atomic mass is 10.1. The Labute approximate surface area is 246 Å². The van der Waals surface area contributed by atoms with Crippen LogP contribution < -0.4 is 15.0 Å². The highest BCUT2D eigenvalue weighted by Gasteiger charge is 2.18. The molecule has 0 bridgehead atoms. The second-order valence-corrected chi connectivity index (χ2v) is 10.1. The van der Waals surface area contributed by atoms with Crippen molar-refractivity contribution >= 4 is 45.7 Å². The van der Waals surface area contributed by atoms with Crippen molar-refractivity contribution in [2.45, 2.75) is 26.4 Å². The molecule has 0 fully saturated rings. The number of carbonyl (C=O) groups excluding carboxylic acids is 1. The van der Waals surface area contributed by atoms with E-state index in [1.54, 1.807) is 68.5 Å². The van der Waals surface area contributed by atoms with Gasteiger partial charge >= 0.3 is 5.97 Å². The SMILES string of the molecule is C=CCc1cc(C=Nn2c(-c3cc4cc(Cl)ccc4o3)nc3ccccc3c2=O)cc(OC)c1OCC(=O)OC(C)C. The molecular formula is C32H28ClN3O6. The molecule has 0 atom stereocenters. The number of hydrogen-bond donors (Lipinski definition) is 0. The monoisotopic (exact) mass is 585 g/mol. The van der Waals surface area contributed by atoms with Crippen LogP contribution in [0.3, 0.4) is 0 Å². The van der Waals surface area contributed by atoms with Crippen molar-refractivity contribution in [2.24, 2.45) is 5.10 Å². The van der Waals surface area contributed by atoms with Gasteiger partial charge in [0.05, 0.1) is 30.3 Å². The van der Waals surface area contributed by atoms with Gasteiger partial charge in [-0.25, -0.2) is 9.78 Å². The standard InChI is InChI=1S/C32H28ClN3O6/c1-5-8-21-13-20(14-27(39-4)30(21)40-18-29(37)41-19(2)3)17-34-36-31(35-25-10-7-6-9-24(25)32(36)38)28-16-22-15-23(33)11-12-26(22)42-28/h5-7,9-17,19H,1,8,18H2,2-4H3. The van der Waals surface area contributed by atoms with Crippen molar-refractivity contribution < 1.29 is 23.4 Å². The number of hydrogen-bond acceptors (Lipinski definition) is 8. The summed E-state index contributed by atoms with van der Waals surface area (Å²) in [6.07, 6.45) is 3.40. The van der Waals surface area contributed by atoms with Crippen molar-refractivity contribution in [3.63, 3.8) is 0 Å². The molecule has 5 aromatic rings. The van der Waals surface area contributed by atoms with Gasteiger partial charge in [-0.05, 0) is 74.4 Å². The van der Waals surface area contributed by atoms with E-state index in [2.05, 4.69) is 11.7 Å². The minimum Gasteiger partial charge on any atom is -0.493 e. The third-order valence-corrected chi connectivity index (χ3v) is 6.45. The van der Waals surface area contributed by atoms with Gasteiger partial charge < -0.3 is 18.6 Å². The molecule has 0 aliphatic heterocycles. The average molecular weight is 586 g/mol. The van der Waals surface area contributed by atoms with E-state index in [0.717, 1.165) is 5.39 Å². The molecule has 2 heterocycles. The van der Waals surface area contributed by atoms with Crippen LogP contribution in [0.4, 0.5) is 0 Å². The van der Waals surface area contributed by atoms with Crippen molar-refractivity contribution in [1.82, 2.24) is 9.66 Å². The number of rotatable bonds is 10. The number of esters is 1. The molecule has 42 heavy (non-hydrogen) atoms. The van der Waals surface area contributed by atoms with Crippen LogP contribution in [-0.4, -0.2) is 41.7 Å². The highest BCUT2D eigenvalue weighted by Crippen LogP contribution is 2.34. The zero-order chi connectivity index (χ0) is 29.8. The van der Waals surface area contributed by atoms with Gasteiger partial charge in [0.15, 0.2) is 23.9 Å². The number of aromatic nitrogens is 2. The molecule has 0 spiro atoms. The van der Waals surface area contributed by atoms with Crippen molar-refractivity contribution in [1.29, 1.82) is 0 Å². The van der Waals surface area contributed by atoms with Crippen molar-refractivity contribution in [3.05, 3.63) is 99.8 Å². The quantitative estimate of drug-likeness (QED) is 0.106. The second-order valence-electron chi connectivity index (χ2n) is 9.64. The minimum absolute atomic E-state index is 0.226. The molecular weight excluding hydrogens is 558 g/mol. The fraction of sp³-hybridized carbons (Fsp3) is 0.188. The predicted octanol–water partition coefficient (Wildman–Crippen LogP) is 6.41. The average Bonchev–Trinajstić information content (AvgIpc) is 3.38. The van der Waals surface area contributed by atoms with Crippen LogP contribution in [0, 0.1) is 0 Å². The minimum atomic E-state index is -0.495. The predicted molar refractivity (Wildman–Crippen MR) is 163 cm³/mol. The van der Waals surface area contributed by atoms with Gasteiger partial charge in [0.25, 0.3) is 5.56 Å². The van der Waals surface area contributed by atoms with Crippen molar-refractivity contribution in [3.8, 4) is 23.1 Å². The molecule has 0 unspecified atom stereocenters. The second kappa shape index (κ2) is 12.3. The number of ether oxygens (including phenoxy) is 3. The van der Waals surface area contributed by atoms with Crippen LogP contribution in [0.15, 0.2) is 87.6 Å². The summed E-state index contributed by atoms with van der Waals surface area (Å²) in [5.41, 5.74) is 2.06. The van der Waals surface area contributed by atoms with E-state index in [9.17, 15) is 9.59 Å². The molecule has 0 amide bonds. The van der Waals surface area contributed by atoms with Gasteiger partial charge in [0, 0.05) is 16.0 Å². The lowest BCUT2D eigenvalue weighted by Gasteiger charge is -2.16. The van der Waals surface area contributed by atoms with Crippen LogP contribution >= 0.6 is 11.6 Å². The molecule has 0 aliphatic rings. The number of para-hydroxylation sites is 1. The normalized spacial score (nSPS) is 11.5. The Balaban J connectivity index is 1.58. The Hall–Kier alpha value is -4.89. The maximum absolute atomic E-state index is 13.6. The maximum atomic E-state index is 13.6. The largest absolute Gasteiger partial charge is 0.493 e. The fourth-order valence-electron chi connectivity index (χ4n) is 4.45. The Kier molecular flexibility index (Phi) is 8.40. The number of benzene rings is 3. The van der Waals surface area contributed by atoms with E-state index in [1.807, 2.05) is 12.1 Å². The summed E-state index contributed by atoms with van der Waals surface area (Å²) in [6, 6.07) is 17.6. The van der Waals surface area contributed by atoms with Crippen LogP contribution in [0.2, 0.25) is 5.02 Å². The molecule has 3 aromatic carbocycles. The van der Waals surface area contributed by atoms with Gasteiger partial charge in [0.1, 0.15) is 5.58 Å². The molecule has 9 nitrogen and oxygen atoms in total. The first-order valence-electron chi connectivity index (χ1n) is 13.2. The molecule has 2 aromatic heterocycles. The number of fused-ring (bicyclic) bond motifs is 2. The van der Waals surface area contributed by atoms with Gasteiger partial charge in [-0.15, -0.1) is 6.58 Å². The van der Waals surface area contributed by atoms with Gasteiger partial charge in [-0.1, -0.05) is 29.8 Å². The van der Waals surface area contributed by atoms with E-state index in [0.29, 0.717) is 56.3 Å². The summed E-state index contributed by atoms with van der Waals surface area (Å²) >= 11 is 6.17. The molecule has 214 valence electrons. The number of carbonyl (C=O) groups is 1. The van der Waals surface area contributed by atoms with Crippen molar-refractivity contribution in [2.75, 3.05) is 13.7 Å². The summed E-state index contributed by atoms with van der Waals surface area (Å²) in [7, 11) is 1.50. The van der Waals surface area contributed by atoms with E-state index in [1.165, 1.54) is 18.0 Å². The van der Waals surface area contributed by atoms with E-state index >= 15 is 0 Å². The number of allylic oxidation sites excluding steroid dienone is 1. The molecule has 5 rings (SSSR count). The molecule has 0 radical (unpaired) electrons. The Morgan fingerprint density at radius 1 is 1.17 bits per heavy atom. The van der Waals surface area contributed by atoms with Gasteiger partial charge in [-0.2, -0.15) is 9.78 Å². The van der Waals surface area contributed by atoms with E-state index in [-0.39, 0.29) is 24.1 Å². The lowest BCUT2D eigenvalue weighted by Crippen LogP contribution is -2.20. The summed E-state index contributed by atoms with van der Waals surface area (Å²) in [6.45, 7) is 7.07. The summed E-state index contributed by atoms with van der Waals surface area (Å²) in [5.74, 6) is 0.858. The van der Waals surface area contributed by atoms with Gasteiger partial charge in [-0.3, -0.25) is 4.79 Å². The summed E-state index contributed by atoms with van der Waals surface area (Å²) < 4.78 is 23.8. The zero-order valence-corrected chi connectivity index (χ0v) is 24.1. The molecule has 0 N–H and O–H groups in total. The zero-order valence-electron chi connectivity index (χ0n) is 23.3. The molecule has 0 aliphatic carbocycles. The molecule has 0 saturated heterocycles. The van der Waals surface area contributed by atoms with E-state index < -0.39 is 5.97 Å². The Morgan fingerprint density at radius 3 is 2.74 bits per heavy atom. The third-order valence-electron chi connectivity index (χ3n) is 6.21. The highest BCUT2D eigenvalue weighted by molar-refractivity contribution is 6.31. The maximum Gasteiger partial charge on any atom is 0.344 e. The number of methoxy groups -OCH3 is 1. The lowest BCUT2D eigenvalue weighted by molar-refractivity contribution is -0.149. The third kappa shape index (κ3) is 6.06. The first kappa shape index (κ1) is 28.6. The van der Waals surface area contributed by atoms with Crippen LogP contribution in [-0.2, 0) is 16.0 Å². The fourth-order valence-corrected chi connectivity index (χ4v) is 4.63. The molecule has 10 heteroatoms. The van der Waals surface area contributed by atoms with Crippen LogP contribution in [0.5, 0.6) is 11.5 Å². The number of furan rings is 1. The summed E-state index contributed by atoms with van der Waals surface area (Å²) in [4.78, 5) is 30.4. The van der Waals surface area contributed by atoms with Crippen LogP contribution in [0.25, 0.3) is 33.5 Å². The smallest absolute Gasteiger partial charge is 0.344 e. The highest BCUT2D eigenvalue weighted by atomic mass is 35.5.